The molecule has 1 amide bonds. The molecule has 0 unspecified atom stereocenters. The number of benzene rings is 1. The lowest BCUT2D eigenvalue weighted by Crippen LogP contribution is -2.46. The Morgan fingerprint density at radius 2 is 2.22 bits per heavy atom. The van der Waals surface area contributed by atoms with Crippen molar-refractivity contribution in [3.8, 4) is 0 Å². The monoisotopic (exact) mass is 313 g/mol. The van der Waals surface area contributed by atoms with Gasteiger partial charge in [0.2, 0.25) is 11.8 Å². The van der Waals surface area contributed by atoms with E-state index in [-0.39, 0.29) is 5.91 Å². The van der Waals surface area contributed by atoms with Crippen LogP contribution in [0.2, 0.25) is 0 Å². The second kappa shape index (κ2) is 6.44. The molecule has 0 spiro atoms. The summed E-state index contributed by atoms with van der Waals surface area (Å²) in [6.45, 7) is 6.57. The number of carbonyl (C=O) groups is 1. The minimum atomic E-state index is -0.0801. The van der Waals surface area contributed by atoms with Crippen LogP contribution in [0.15, 0.2) is 34.9 Å². The van der Waals surface area contributed by atoms with E-state index in [0.29, 0.717) is 24.4 Å². The summed E-state index contributed by atoms with van der Waals surface area (Å²) in [5.41, 5.74) is 3.23. The molecule has 1 aromatic heterocycles. The highest BCUT2D eigenvalue weighted by Crippen LogP contribution is 2.33. The molecule has 0 fully saturated rings. The van der Waals surface area contributed by atoms with E-state index in [1.807, 2.05) is 13.0 Å². The van der Waals surface area contributed by atoms with Crippen molar-refractivity contribution < 1.29 is 9.32 Å². The molecule has 0 bridgehead atoms. The first kappa shape index (κ1) is 15.6. The molecule has 23 heavy (non-hydrogen) atoms. The number of nitrogens with one attached hydrogen (secondary N) is 1. The van der Waals surface area contributed by atoms with Crippen molar-refractivity contribution in [3.05, 3.63) is 41.6 Å². The molecule has 122 valence electrons. The number of hydrogen-bond acceptors (Lipinski definition) is 4. The van der Waals surface area contributed by atoms with E-state index in [1.165, 1.54) is 11.3 Å². The van der Waals surface area contributed by atoms with E-state index >= 15 is 0 Å². The highest BCUT2D eigenvalue weighted by atomic mass is 16.5. The van der Waals surface area contributed by atoms with Crippen LogP contribution in [-0.4, -0.2) is 23.7 Å². The van der Waals surface area contributed by atoms with Gasteiger partial charge in [0.25, 0.3) is 0 Å². The van der Waals surface area contributed by atoms with Crippen LogP contribution < -0.4 is 10.2 Å². The third-order valence-electron chi connectivity index (χ3n) is 4.38. The molecular weight excluding hydrogens is 290 g/mol. The van der Waals surface area contributed by atoms with Gasteiger partial charge in [0.1, 0.15) is 0 Å². The molecule has 1 atom stereocenters. The Hall–Kier alpha value is -2.30. The Balaban J connectivity index is 1.79. The predicted molar refractivity (Wildman–Crippen MR) is 90.6 cm³/mol. The van der Waals surface area contributed by atoms with Gasteiger partial charge < -0.3 is 9.42 Å². The molecule has 1 aromatic carbocycles. The van der Waals surface area contributed by atoms with Crippen molar-refractivity contribution in [1.82, 2.24) is 5.16 Å². The van der Waals surface area contributed by atoms with Gasteiger partial charge >= 0.3 is 0 Å². The highest BCUT2D eigenvalue weighted by Gasteiger charge is 2.29. The Bertz CT molecular complexity index is 693. The summed E-state index contributed by atoms with van der Waals surface area (Å²) >= 11 is 0. The number of aromatic nitrogens is 1. The molecule has 5 nitrogen and oxygen atoms in total. The largest absolute Gasteiger partial charge is 0.359 e. The van der Waals surface area contributed by atoms with Gasteiger partial charge in [-0.25, -0.2) is 0 Å². The maximum absolute atomic E-state index is 12.4. The zero-order valence-corrected chi connectivity index (χ0v) is 13.9. The Labute approximate surface area is 136 Å². The van der Waals surface area contributed by atoms with Gasteiger partial charge in [-0.3, -0.25) is 10.1 Å². The summed E-state index contributed by atoms with van der Waals surface area (Å²) in [6, 6.07) is 10.4. The lowest BCUT2D eigenvalue weighted by molar-refractivity contribution is -0.115. The highest BCUT2D eigenvalue weighted by molar-refractivity contribution is 5.93. The van der Waals surface area contributed by atoms with E-state index < -0.39 is 0 Å². The van der Waals surface area contributed by atoms with Crippen molar-refractivity contribution in [2.45, 2.75) is 39.7 Å². The minimum absolute atomic E-state index is 0.0801. The van der Waals surface area contributed by atoms with Gasteiger partial charge in [0.05, 0.1) is 12.2 Å². The normalized spacial score (nSPS) is 17.2. The summed E-state index contributed by atoms with van der Waals surface area (Å²) in [7, 11) is 0. The standard InChI is InChI=1S/C18H23N3O2/c1-12(2)15-9-8-14-6-4-5-7-16(14)21(15)11-17(22)19-18-10-13(3)20-23-18/h4-7,10,12,15H,8-9,11H2,1-3H3,(H,19,22)/t15-/m0/s1. The summed E-state index contributed by atoms with van der Waals surface area (Å²) in [4.78, 5) is 14.7. The minimum Gasteiger partial charge on any atom is -0.359 e. The zero-order chi connectivity index (χ0) is 16.4. The third-order valence-corrected chi connectivity index (χ3v) is 4.38. The van der Waals surface area contributed by atoms with Crippen LogP contribution in [0.25, 0.3) is 0 Å². The van der Waals surface area contributed by atoms with Gasteiger partial charge in [-0.1, -0.05) is 37.2 Å². The lowest BCUT2D eigenvalue weighted by Gasteiger charge is -2.40. The van der Waals surface area contributed by atoms with Crippen molar-refractivity contribution in [3.63, 3.8) is 0 Å². The second-order valence-electron chi connectivity index (χ2n) is 6.49. The van der Waals surface area contributed by atoms with E-state index in [9.17, 15) is 4.79 Å². The van der Waals surface area contributed by atoms with Gasteiger partial charge in [0.15, 0.2) is 0 Å². The molecule has 1 N–H and O–H groups in total. The fourth-order valence-electron chi connectivity index (χ4n) is 3.29. The first-order valence-corrected chi connectivity index (χ1v) is 8.12. The van der Waals surface area contributed by atoms with E-state index in [2.05, 4.69) is 47.4 Å². The number of anilines is 2. The number of carbonyl (C=O) groups excluding carboxylic acids is 1. The van der Waals surface area contributed by atoms with Gasteiger partial charge in [-0.15, -0.1) is 0 Å². The number of para-hydroxylation sites is 1. The average molecular weight is 313 g/mol. The molecule has 1 aliphatic heterocycles. The topological polar surface area (TPSA) is 58.4 Å². The second-order valence-corrected chi connectivity index (χ2v) is 6.49. The van der Waals surface area contributed by atoms with Crippen molar-refractivity contribution in [2.75, 3.05) is 16.8 Å². The van der Waals surface area contributed by atoms with Crippen LogP contribution >= 0.6 is 0 Å². The molecule has 0 radical (unpaired) electrons. The number of nitrogens with zero attached hydrogens (tertiary/aromatic N) is 2. The average Bonchev–Trinajstić information content (AvgIpc) is 2.92. The fourth-order valence-corrected chi connectivity index (χ4v) is 3.29. The van der Waals surface area contributed by atoms with E-state index in [1.54, 1.807) is 6.07 Å². The Morgan fingerprint density at radius 1 is 1.43 bits per heavy atom. The number of aryl methyl sites for hydroxylation is 2. The Morgan fingerprint density at radius 3 is 2.91 bits per heavy atom. The molecule has 0 saturated heterocycles. The van der Waals surface area contributed by atoms with Gasteiger partial charge in [0, 0.05) is 17.8 Å². The molecule has 0 aliphatic carbocycles. The molecule has 1 aliphatic rings. The van der Waals surface area contributed by atoms with Crippen molar-refractivity contribution in [1.29, 1.82) is 0 Å². The van der Waals surface area contributed by atoms with Crippen LogP contribution in [0.4, 0.5) is 11.6 Å². The Kier molecular flexibility index (Phi) is 4.37. The first-order chi connectivity index (χ1) is 11.0. The molecule has 3 rings (SSSR count). The SMILES string of the molecule is Cc1cc(NC(=O)CN2c3ccccc3CC[C@H]2C(C)C)on1. The maximum Gasteiger partial charge on any atom is 0.246 e. The van der Waals surface area contributed by atoms with Crippen LogP contribution in [0.3, 0.4) is 0 Å². The van der Waals surface area contributed by atoms with Crippen LogP contribution in [0, 0.1) is 12.8 Å². The van der Waals surface area contributed by atoms with E-state index in [0.717, 1.165) is 18.5 Å². The van der Waals surface area contributed by atoms with Crippen LogP contribution in [0.1, 0.15) is 31.5 Å². The third kappa shape index (κ3) is 3.38. The van der Waals surface area contributed by atoms with Crippen LogP contribution in [0.5, 0.6) is 0 Å². The summed E-state index contributed by atoms with van der Waals surface area (Å²) in [5, 5.41) is 6.58. The first-order valence-electron chi connectivity index (χ1n) is 8.12. The quantitative estimate of drug-likeness (QED) is 0.940. The lowest BCUT2D eigenvalue weighted by atomic mass is 9.89. The smallest absolute Gasteiger partial charge is 0.246 e. The van der Waals surface area contributed by atoms with Gasteiger partial charge in [-0.2, -0.15) is 0 Å². The van der Waals surface area contributed by atoms with Gasteiger partial charge in [-0.05, 0) is 37.3 Å². The molecular formula is C18H23N3O2. The summed E-state index contributed by atoms with van der Waals surface area (Å²) < 4.78 is 5.07. The van der Waals surface area contributed by atoms with Crippen molar-refractivity contribution >= 4 is 17.5 Å². The fraction of sp³-hybridized carbons (Fsp3) is 0.444. The predicted octanol–water partition coefficient (Wildman–Crippen LogP) is 3.40. The van der Waals surface area contributed by atoms with E-state index in [4.69, 9.17) is 4.52 Å². The maximum atomic E-state index is 12.4. The summed E-state index contributed by atoms with van der Waals surface area (Å²) in [5.74, 6) is 0.811. The number of fused-ring (bicyclic) bond motifs is 1. The zero-order valence-electron chi connectivity index (χ0n) is 13.9. The molecule has 5 heteroatoms. The molecule has 0 saturated carbocycles. The molecule has 2 heterocycles. The van der Waals surface area contributed by atoms with Crippen molar-refractivity contribution in [2.24, 2.45) is 5.92 Å². The summed E-state index contributed by atoms with van der Waals surface area (Å²) in [6.07, 6.45) is 2.14. The number of hydrogen-bond donors (Lipinski definition) is 1. The van der Waals surface area contributed by atoms with Crippen LogP contribution in [-0.2, 0) is 11.2 Å². The number of amides is 1. The molecule has 2 aromatic rings. The number of rotatable bonds is 4.